The van der Waals surface area contributed by atoms with E-state index in [-0.39, 0.29) is 5.54 Å². The van der Waals surface area contributed by atoms with E-state index in [0.29, 0.717) is 6.04 Å². The Labute approximate surface area is 131 Å². The van der Waals surface area contributed by atoms with Crippen molar-refractivity contribution in [2.45, 2.75) is 58.5 Å². The number of thiazole rings is 1. The van der Waals surface area contributed by atoms with E-state index in [4.69, 9.17) is 4.98 Å². The Kier molecular flexibility index (Phi) is 3.89. The summed E-state index contributed by atoms with van der Waals surface area (Å²) in [4.78, 5) is 6.34. The number of hydrogen-bond donors (Lipinski definition) is 1. The predicted molar refractivity (Wildman–Crippen MR) is 90.0 cm³/mol. The molecule has 0 saturated heterocycles. The number of aryl methyl sites for hydroxylation is 2. The van der Waals surface area contributed by atoms with Gasteiger partial charge in [-0.1, -0.05) is 31.2 Å². The third-order valence-corrected chi connectivity index (χ3v) is 5.52. The lowest BCUT2D eigenvalue weighted by molar-refractivity contribution is 0.317. The van der Waals surface area contributed by atoms with E-state index in [1.807, 2.05) is 11.3 Å². The topological polar surface area (TPSA) is 24.9 Å². The maximum absolute atomic E-state index is 4.97. The van der Waals surface area contributed by atoms with E-state index in [0.717, 1.165) is 19.3 Å². The Bertz CT molecular complexity index is 617. The van der Waals surface area contributed by atoms with Crippen molar-refractivity contribution >= 4 is 11.3 Å². The van der Waals surface area contributed by atoms with Crippen molar-refractivity contribution in [3.63, 3.8) is 0 Å². The van der Waals surface area contributed by atoms with Gasteiger partial charge in [-0.05, 0) is 51.2 Å². The van der Waals surface area contributed by atoms with Crippen molar-refractivity contribution in [1.29, 1.82) is 0 Å². The van der Waals surface area contributed by atoms with Gasteiger partial charge in [0.1, 0.15) is 5.01 Å². The molecule has 3 heteroatoms. The third-order valence-electron chi connectivity index (χ3n) is 4.30. The van der Waals surface area contributed by atoms with Gasteiger partial charge in [0.15, 0.2) is 0 Å². The van der Waals surface area contributed by atoms with E-state index in [9.17, 15) is 0 Å². The van der Waals surface area contributed by atoms with Gasteiger partial charge in [0.25, 0.3) is 0 Å². The highest BCUT2D eigenvalue weighted by Gasteiger charge is 2.41. The molecular weight excluding hydrogens is 276 g/mol. The largest absolute Gasteiger partial charge is 0.303 e. The van der Waals surface area contributed by atoms with Crippen LogP contribution in [0.5, 0.6) is 0 Å². The molecule has 0 saturated carbocycles. The number of benzene rings is 1. The SMILES string of the molecule is CCc1nc(C2(NC(C)C)Cc3ccccc3C2)sc1C. The Hall–Kier alpha value is -1.19. The molecule has 0 unspecified atom stereocenters. The fourth-order valence-electron chi connectivity index (χ4n) is 3.44. The first-order valence-electron chi connectivity index (χ1n) is 7.85. The van der Waals surface area contributed by atoms with Gasteiger partial charge in [0, 0.05) is 10.9 Å². The summed E-state index contributed by atoms with van der Waals surface area (Å²) in [6.45, 7) is 8.85. The molecule has 1 aromatic heterocycles. The predicted octanol–water partition coefficient (Wildman–Crippen LogP) is 4.01. The van der Waals surface area contributed by atoms with Gasteiger partial charge < -0.3 is 5.32 Å². The minimum atomic E-state index is -0.0132. The van der Waals surface area contributed by atoms with Crippen LogP contribution in [0.25, 0.3) is 0 Å². The summed E-state index contributed by atoms with van der Waals surface area (Å²) in [6.07, 6.45) is 3.13. The van der Waals surface area contributed by atoms with Gasteiger partial charge in [-0.3, -0.25) is 0 Å². The Balaban J connectivity index is 2.03. The smallest absolute Gasteiger partial charge is 0.114 e. The molecular formula is C18H24N2S. The Morgan fingerprint density at radius 3 is 2.33 bits per heavy atom. The summed E-state index contributed by atoms with van der Waals surface area (Å²) in [5.41, 5.74) is 4.18. The highest BCUT2D eigenvalue weighted by Crippen LogP contribution is 2.40. The van der Waals surface area contributed by atoms with Crippen LogP contribution in [0.1, 0.15) is 47.5 Å². The fraction of sp³-hybridized carbons (Fsp3) is 0.500. The third kappa shape index (κ3) is 2.65. The van der Waals surface area contributed by atoms with Gasteiger partial charge in [-0.2, -0.15) is 0 Å². The maximum Gasteiger partial charge on any atom is 0.114 e. The lowest BCUT2D eigenvalue weighted by atomic mass is 9.95. The van der Waals surface area contributed by atoms with Gasteiger partial charge in [-0.15, -0.1) is 11.3 Å². The second kappa shape index (κ2) is 5.54. The Morgan fingerprint density at radius 1 is 1.24 bits per heavy atom. The molecule has 0 bridgehead atoms. The molecule has 3 rings (SSSR count). The number of nitrogens with zero attached hydrogens (tertiary/aromatic N) is 1. The molecule has 0 fully saturated rings. The maximum atomic E-state index is 4.97. The second-order valence-electron chi connectivity index (χ2n) is 6.38. The van der Waals surface area contributed by atoms with Crippen LogP contribution in [0.15, 0.2) is 24.3 Å². The number of fused-ring (bicyclic) bond motifs is 1. The van der Waals surface area contributed by atoms with Gasteiger partial charge in [0.2, 0.25) is 0 Å². The number of nitrogens with one attached hydrogen (secondary N) is 1. The van der Waals surface area contributed by atoms with E-state index >= 15 is 0 Å². The van der Waals surface area contributed by atoms with Crippen LogP contribution < -0.4 is 5.32 Å². The van der Waals surface area contributed by atoms with E-state index in [2.05, 4.69) is 57.3 Å². The van der Waals surface area contributed by atoms with Crippen LogP contribution in [0.2, 0.25) is 0 Å². The number of rotatable bonds is 4. The monoisotopic (exact) mass is 300 g/mol. The molecule has 21 heavy (non-hydrogen) atoms. The van der Waals surface area contributed by atoms with E-state index < -0.39 is 0 Å². The van der Waals surface area contributed by atoms with Crippen LogP contribution in [-0.2, 0) is 24.8 Å². The average molecular weight is 300 g/mol. The molecule has 1 heterocycles. The summed E-state index contributed by atoms with van der Waals surface area (Å²) in [5, 5.41) is 5.10. The van der Waals surface area contributed by atoms with E-state index in [1.165, 1.54) is 26.7 Å². The van der Waals surface area contributed by atoms with Crippen LogP contribution >= 0.6 is 11.3 Å². The first-order valence-corrected chi connectivity index (χ1v) is 8.67. The van der Waals surface area contributed by atoms with Crippen LogP contribution in [0.3, 0.4) is 0 Å². The molecule has 0 aliphatic heterocycles. The normalized spacial score (nSPS) is 16.4. The second-order valence-corrected chi connectivity index (χ2v) is 7.58. The van der Waals surface area contributed by atoms with Gasteiger partial charge in [0.05, 0.1) is 11.2 Å². The summed E-state index contributed by atoms with van der Waals surface area (Å²) in [6, 6.07) is 9.28. The van der Waals surface area contributed by atoms with Crippen molar-refractivity contribution in [1.82, 2.24) is 10.3 Å². The zero-order valence-corrected chi connectivity index (χ0v) is 14.2. The lowest BCUT2D eigenvalue weighted by Gasteiger charge is -2.30. The van der Waals surface area contributed by atoms with Crippen molar-refractivity contribution in [3.8, 4) is 0 Å². The molecule has 2 aromatic rings. The number of hydrogen-bond acceptors (Lipinski definition) is 3. The molecule has 1 aliphatic carbocycles. The molecule has 2 nitrogen and oxygen atoms in total. The van der Waals surface area contributed by atoms with Crippen molar-refractivity contribution in [2.24, 2.45) is 0 Å². The van der Waals surface area contributed by atoms with Crippen molar-refractivity contribution < 1.29 is 0 Å². The van der Waals surface area contributed by atoms with Crippen molar-refractivity contribution in [3.05, 3.63) is 51.0 Å². The van der Waals surface area contributed by atoms with Crippen LogP contribution in [0.4, 0.5) is 0 Å². The fourth-order valence-corrected chi connectivity index (χ4v) is 4.60. The molecule has 0 radical (unpaired) electrons. The van der Waals surface area contributed by atoms with Crippen molar-refractivity contribution in [2.75, 3.05) is 0 Å². The lowest BCUT2D eigenvalue weighted by Crippen LogP contribution is -2.46. The quantitative estimate of drug-likeness (QED) is 0.923. The summed E-state index contributed by atoms with van der Waals surface area (Å²) >= 11 is 1.87. The summed E-state index contributed by atoms with van der Waals surface area (Å²) < 4.78 is 0. The molecule has 0 spiro atoms. The molecule has 0 amide bonds. The zero-order chi connectivity index (χ0) is 15.0. The molecule has 1 aromatic carbocycles. The highest BCUT2D eigenvalue weighted by molar-refractivity contribution is 7.11. The van der Waals surface area contributed by atoms with Gasteiger partial charge in [-0.25, -0.2) is 4.98 Å². The van der Waals surface area contributed by atoms with Crippen LogP contribution in [-0.4, -0.2) is 11.0 Å². The zero-order valence-electron chi connectivity index (χ0n) is 13.4. The number of aromatic nitrogens is 1. The molecule has 112 valence electrons. The molecule has 1 aliphatic rings. The van der Waals surface area contributed by atoms with Crippen LogP contribution in [0, 0.1) is 6.92 Å². The summed E-state index contributed by atoms with van der Waals surface area (Å²) in [5.74, 6) is 0. The Morgan fingerprint density at radius 2 is 1.86 bits per heavy atom. The molecule has 1 N–H and O–H groups in total. The first kappa shape index (κ1) is 14.7. The summed E-state index contributed by atoms with van der Waals surface area (Å²) in [7, 11) is 0. The minimum Gasteiger partial charge on any atom is -0.303 e. The first-order chi connectivity index (χ1) is 10.0. The van der Waals surface area contributed by atoms with E-state index in [1.54, 1.807) is 0 Å². The highest BCUT2D eigenvalue weighted by atomic mass is 32.1. The van der Waals surface area contributed by atoms with Gasteiger partial charge >= 0.3 is 0 Å². The standard InChI is InChI=1S/C18H24N2S/c1-5-16-13(4)21-17(19-16)18(20-12(2)3)10-14-8-6-7-9-15(14)11-18/h6-9,12,20H,5,10-11H2,1-4H3. The molecule has 0 atom stereocenters. The minimum absolute atomic E-state index is 0.0132. The average Bonchev–Trinajstić information content (AvgIpc) is 2.98.